The van der Waals surface area contributed by atoms with Gasteiger partial charge in [0.25, 0.3) is 0 Å². The topological polar surface area (TPSA) is 50.4 Å². The fourth-order valence-corrected chi connectivity index (χ4v) is 2.18. The van der Waals surface area contributed by atoms with Crippen molar-refractivity contribution in [2.24, 2.45) is 0 Å². The third kappa shape index (κ3) is 5.01. The van der Waals surface area contributed by atoms with E-state index in [9.17, 15) is 4.79 Å². The van der Waals surface area contributed by atoms with Crippen LogP contribution in [0.2, 0.25) is 0 Å². The van der Waals surface area contributed by atoms with Gasteiger partial charge in [0.05, 0.1) is 12.6 Å². The Hall–Kier alpha value is -1.39. The Kier molecular flexibility index (Phi) is 5.85. The van der Waals surface area contributed by atoms with Crippen LogP contribution in [0.15, 0.2) is 30.3 Å². The molecule has 104 valence electrons. The van der Waals surface area contributed by atoms with E-state index in [0.29, 0.717) is 19.8 Å². The molecular weight excluding hydrogens is 240 g/mol. The zero-order valence-corrected chi connectivity index (χ0v) is 11.2. The van der Waals surface area contributed by atoms with Crippen LogP contribution in [-0.2, 0) is 16.1 Å². The van der Waals surface area contributed by atoms with Crippen LogP contribution in [0, 0.1) is 0 Å². The second kappa shape index (κ2) is 7.92. The maximum Gasteiger partial charge on any atom is 0.237 e. The molecule has 0 radical (unpaired) electrons. The van der Waals surface area contributed by atoms with E-state index in [-0.39, 0.29) is 11.9 Å². The van der Waals surface area contributed by atoms with Gasteiger partial charge < -0.3 is 15.4 Å². The van der Waals surface area contributed by atoms with Crippen LogP contribution < -0.4 is 10.6 Å². The molecule has 4 heteroatoms. The van der Waals surface area contributed by atoms with Crippen molar-refractivity contribution in [3.05, 3.63) is 35.9 Å². The number of amides is 1. The monoisotopic (exact) mass is 262 g/mol. The van der Waals surface area contributed by atoms with Crippen molar-refractivity contribution in [1.29, 1.82) is 0 Å². The fraction of sp³-hybridized carbons (Fsp3) is 0.533. The summed E-state index contributed by atoms with van der Waals surface area (Å²) in [4.78, 5) is 11.7. The first-order valence-electron chi connectivity index (χ1n) is 6.99. The highest BCUT2D eigenvalue weighted by atomic mass is 16.5. The predicted octanol–water partition coefficient (Wildman–Crippen LogP) is 1.46. The highest BCUT2D eigenvalue weighted by Crippen LogP contribution is 2.04. The normalized spacial score (nSPS) is 18.4. The first kappa shape index (κ1) is 14.0. The Morgan fingerprint density at radius 2 is 2.21 bits per heavy atom. The molecule has 4 nitrogen and oxygen atoms in total. The zero-order valence-electron chi connectivity index (χ0n) is 11.2. The Balaban J connectivity index is 1.49. The van der Waals surface area contributed by atoms with Crippen molar-refractivity contribution in [2.75, 3.05) is 19.7 Å². The van der Waals surface area contributed by atoms with E-state index in [1.54, 1.807) is 0 Å². The average Bonchev–Trinajstić information content (AvgIpc) is 2.98. The van der Waals surface area contributed by atoms with Gasteiger partial charge in [-0.15, -0.1) is 0 Å². The number of carbonyl (C=O) groups is 1. The lowest BCUT2D eigenvalue weighted by molar-refractivity contribution is -0.122. The highest BCUT2D eigenvalue weighted by molar-refractivity contribution is 5.81. The van der Waals surface area contributed by atoms with Crippen LogP contribution in [0.1, 0.15) is 24.8 Å². The average molecular weight is 262 g/mol. The summed E-state index contributed by atoms with van der Waals surface area (Å²) in [6, 6.07) is 10.1. The number of carbonyl (C=O) groups excluding carboxylic acids is 1. The second-order valence-corrected chi connectivity index (χ2v) is 4.83. The third-order valence-corrected chi connectivity index (χ3v) is 3.25. The molecule has 1 aliphatic heterocycles. The van der Waals surface area contributed by atoms with Crippen LogP contribution in [0.3, 0.4) is 0 Å². The van der Waals surface area contributed by atoms with E-state index in [2.05, 4.69) is 10.6 Å². The van der Waals surface area contributed by atoms with Gasteiger partial charge >= 0.3 is 0 Å². The number of hydrogen-bond donors (Lipinski definition) is 2. The largest absolute Gasteiger partial charge is 0.377 e. The van der Waals surface area contributed by atoms with Gasteiger partial charge in [-0.05, 0) is 31.4 Å². The van der Waals surface area contributed by atoms with Crippen molar-refractivity contribution < 1.29 is 9.53 Å². The van der Waals surface area contributed by atoms with Crippen molar-refractivity contribution >= 4 is 5.91 Å². The van der Waals surface area contributed by atoms with E-state index in [4.69, 9.17) is 4.74 Å². The van der Waals surface area contributed by atoms with Crippen LogP contribution >= 0.6 is 0 Å². The van der Waals surface area contributed by atoms with Gasteiger partial charge in [0.1, 0.15) is 0 Å². The first-order chi connectivity index (χ1) is 9.36. The molecule has 0 bridgehead atoms. The van der Waals surface area contributed by atoms with Crippen molar-refractivity contribution in [3.63, 3.8) is 0 Å². The van der Waals surface area contributed by atoms with Crippen LogP contribution in [0.4, 0.5) is 0 Å². The molecule has 1 amide bonds. The van der Waals surface area contributed by atoms with Gasteiger partial charge in [0.15, 0.2) is 0 Å². The number of ether oxygens (including phenoxy) is 1. The van der Waals surface area contributed by atoms with E-state index >= 15 is 0 Å². The number of hydrogen-bond acceptors (Lipinski definition) is 3. The number of rotatable bonds is 7. The molecule has 1 aromatic rings. The minimum Gasteiger partial charge on any atom is -0.377 e. The lowest BCUT2D eigenvalue weighted by Gasteiger charge is -2.11. The van der Waals surface area contributed by atoms with E-state index in [1.807, 2.05) is 30.3 Å². The standard InChI is InChI=1S/C15H22N2O2/c18-15(14-8-4-9-16-14)17-10-5-11-19-12-13-6-2-1-3-7-13/h1-3,6-7,14,16H,4-5,8-12H2,(H,17,18)/t14-/m0/s1. The molecule has 1 atom stereocenters. The van der Waals surface area contributed by atoms with Crippen LogP contribution in [0.5, 0.6) is 0 Å². The predicted molar refractivity (Wildman–Crippen MR) is 74.7 cm³/mol. The van der Waals surface area contributed by atoms with E-state index in [0.717, 1.165) is 25.8 Å². The van der Waals surface area contributed by atoms with Crippen LogP contribution in [0.25, 0.3) is 0 Å². The highest BCUT2D eigenvalue weighted by Gasteiger charge is 2.20. The summed E-state index contributed by atoms with van der Waals surface area (Å²) in [5, 5.41) is 6.13. The molecule has 1 fully saturated rings. The van der Waals surface area contributed by atoms with Gasteiger partial charge in [-0.25, -0.2) is 0 Å². The molecule has 2 N–H and O–H groups in total. The SMILES string of the molecule is O=C(NCCCOCc1ccccc1)[C@@H]1CCCN1. The van der Waals surface area contributed by atoms with E-state index in [1.165, 1.54) is 5.56 Å². The molecular formula is C15H22N2O2. The zero-order chi connectivity index (χ0) is 13.3. The van der Waals surface area contributed by atoms with Gasteiger partial charge in [0, 0.05) is 13.2 Å². The number of nitrogens with one attached hydrogen (secondary N) is 2. The summed E-state index contributed by atoms with van der Waals surface area (Å²) in [5.74, 6) is 0.126. The number of benzene rings is 1. The smallest absolute Gasteiger partial charge is 0.237 e. The van der Waals surface area contributed by atoms with Gasteiger partial charge in [0.2, 0.25) is 5.91 Å². The minimum absolute atomic E-state index is 0.0187. The maximum atomic E-state index is 11.7. The molecule has 19 heavy (non-hydrogen) atoms. The quantitative estimate of drug-likeness (QED) is 0.732. The van der Waals surface area contributed by atoms with E-state index < -0.39 is 0 Å². The van der Waals surface area contributed by atoms with Gasteiger partial charge in [-0.2, -0.15) is 0 Å². The molecule has 0 aromatic heterocycles. The molecule has 0 saturated carbocycles. The lowest BCUT2D eigenvalue weighted by Crippen LogP contribution is -2.40. The third-order valence-electron chi connectivity index (χ3n) is 3.25. The summed E-state index contributed by atoms with van der Waals surface area (Å²) in [5.41, 5.74) is 1.18. The maximum absolute atomic E-state index is 11.7. The molecule has 0 unspecified atom stereocenters. The summed E-state index contributed by atoms with van der Waals surface area (Å²) >= 11 is 0. The Labute approximate surface area is 114 Å². The van der Waals surface area contributed by atoms with Gasteiger partial charge in [-0.3, -0.25) is 4.79 Å². The van der Waals surface area contributed by atoms with Crippen molar-refractivity contribution in [1.82, 2.24) is 10.6 Å². The van der Waals surface area contributed by atoms with Crippen LogP contribution in [-0.4, -0.2) is 31.6 Å². The minimum atomic E-state index is 0.0187. The molecule has 1 aromatic carbocycles. The summed E-state index contributed by atoms with van der Waals surface area (Å²) in [6.07, 6.45) is 2.90. The summed E-state index contributed by atoms with van der Waals surface area (Å²) < 4.78 is 5.56. The molecule has 2 rings (SSSR count). The molecule has 1 aliphatic rings. The Bertz CT molecular complexity index is 375. The molecule has 0 spiro atoms. The summed E-state index contributed by atoms with van der Waals surface area (Å²) in [7, 11) is 0. The molecule has 1 saturated heterocycles. The molecule has 1 heterocycles. The molecule has 0 aliphatic carbocycles. The van der Waals surface area contributed by atoms with Crippen molar-refractivity contribution in [3.8, 4) is 0 Å². The summed E-state index contributed by atoms with van der Waals surface area (Å²) in [6.45, 7) is 2.95. The van der Waals surface area contributed by atoms with Gasteiger partial charge in [-0.1, -0.05) is 30.3 Å². The Morgan fingerprint density at radius 1 is 1.37 bits per heavy atom. The fourth-order valence-electron chi connectivity index (χ4n) is 2.18. The Morgan fingerprint density at radius 3 is 2.95 bits per heavy atom. The first-order valence-corrected chi connectivity index (χ1v) is 6.99. The van der Waals surface area contributed by atoms with Crippen molar-refractivity contribution in [2.45, 2.75) is 31.9 Å². The lowest BCUT2D eigenvalue weighted by atomic mass is 10.2. The second-order valence-electron chi connectivity index (χ2n) is 4.83.